The van der Waals surface area contributed by atoms with E-state index >= 15 is 0 Å². The summed E-state index contributed by atoms with van der Waals surface area (Å²) >= 11 is 0. The Morgan fingerprint density at radius 2 is 1.74 bits per heavy atom. The summed E-state index contributed by atoms with van der Waals surface area (Å²) < 4.78 is 0. The maximum Gasteiger partial charge on any atom is 0.0233 e. The van der Waals surface area contributed by atoms with E-state index in [1.807, 2.05) is 0 Å². The second kappa shape index (κ2) is 6.53. The number of nitrogens with two attached hydrogens (primary N) is 1. The van der Waals surface area contributed by atoms with E-state index in [-0.39, 0.29) is 0 Å². The van der Waals surface area contributed by atoms with Gasteiger partial charge < -0.3 is 5.73 Å². The largest absolute Gasteiger partial charge is 0.330 e. The van der Waals surface area contributed by atoms with E-state index in [0.29, 0.717) is 5.92 Å². The van der Waals surface area contributed by atoms with Crippen molar-refractivity contribution in [1.82, 2.24) is 4.90 Å². The molecule has 1 aromatic carbocycles. The molecule has 1 saturated heterocycles. The maximum atomic E-state index is 5.71. The van der Waals surface area contributed by atoms with Crippen LogP contribution < -0.4 is 5.73 Å². The first-order valence-electron chi connectivity index (χ1n) is 7.59. The number of hydrogen-bond acceptors (Lipinski definition) is 2. The van der Waals surface area contributed by atoms with Crippen LogP contribution in [0.15, 0.2) is 24.3 Å². The maximum absolute atomic E-state index is 5.71. The summed E-state index contributed by atoms with van der Waals surface area (Å²) in [5, 5.41) is 0. The molecular formula is C17H28N2. The van der Waals surface area contributed by atoms with Crippen molar-refractivity contribution in [2.45, 2.75) is 39.7 Å². The highest BCUT2D eigenvalue weighted by Gasteiger charge is 2.21. The number of likely N-dealkylation sites (tertiary alicyclic amines) is 1. The highest BCUT2D eigenvalue weighted by Crippen LogP contribution is 2.23. The normalized spacial score (nSPS) is 26.3. The molecule has 1 aromatic rings. The molecule has 2 nitrogen and oxygen atoms in total. The van der Waals surface area contributed by atoms with E-state index in [0.717, 1.165) is 24.9 Å². The fraction of sp³-hybridized carbons (Fsp3) is 0.647. The molecule has 0 aliphatic carbocycles. The van der Waals surface area contributed by atoms with Crippen molar-refractivity contribution < 1.29 is 0 Å². The fourth-order valence-electron chi connectivity index (χ4n) is 3.27. The lowest BCUT2D eigenvalue weighted by Crippen LogP contribution is -2.38. The number of nitrogens with zero attached hydrogens (tertiary/aromatic N) is 1. The summed E-state index contributed by atoms with van der Waals surface area (Å²) in [5.41, 5.74) is 8.49. The third kappa shape index (κ3) is 4.05. The van der Waals surface area contributed by atoms with E-state index in [4.69, 9.17) is 5.73 Å². The Kier molecular flexibility index (Phi) is 5.00. The highest BCUT2D eigenvalue weighted by atomic mass is 15.1. The van der Waals surface area contributed by atoms with E-state index in [2.05, 4.69) is 49.9 Å². The molecule has 0 amide bonds. The van der Waals surface area contributed by atoms with Gasteiger partial charge in [-0.15, -0.1) is 0 Å². The number of hydrogen-bond donors (Lipinski definition) is 1. The predicted octanol–water partition coefficient (Wildman–Crippen LogP) is 3.23. The second-order valence-corrected chi connectivity index (χ2v) is 6.52. The van der Waals surface area contributed by atoms with E-state index < -0.39 is 0 Å². The minimum absolute atomic E-state index is 0.462. The molecule has 2 heteroatoms. The molecule has 3 atom stereocenters. The minimum Gasteiger partial charge on any atom is -0.330 e. The molecule has 0 radical (unpaired) electrons. The van der Waals surface area contributed by atoms with Gasteiger partial charge in [0.2, 0.25) is 0 Å². The van der Waals surface area contributed by atoms with Crippen molar-refractivity contribution in [2.75, 3.05) is 19.6 Å². The lowest BCUT2D eigenvalue weighted by molar-refractivity contribution is 0.134. The molecular weight excluding hydrogens is 232 g/mol. The van der Waals surface area contributed by atoms with Crippen LogP contribution in [0.5, 0.6) is 0 Å². The zero-order chi connectivity index (χ0) is 13.8. The van der Waals surface area contributed by atoms with E-state index in [1.54, 1.807) is 0 Å². The topological polar surface area (TPSA) is 29.3 Å². The monoisotopic (exact) mass is 260 g/mol. The van der Waals surface area contributed by atoms with Gasteiger partial charge in [-0.1, -0.05) is 45.0 Å². The van der Waals surface area contributed by atoms with Gasteiger partial charge in [0.25, 0.3) is 0 Å². The summed E-state index contributed by atoms with van der Waals surface area (Å²) in [4.78, 5) is 2.60. The average Bonchev–Trinajstić information content (AvgIpc) is 2.37. The Morgan fingerprint density at radius 1 is 1.16 bits per heavy atom. The Bertz CT molecular complexity index is 375. The van der Waals surface area contributed by atoms with Crippen LogP contribution in [-0.4, -0.2) is 24.5 Å². The van der Waals surface area contributed by atoms with Gasteiger partial charge in [-0.05, 0) is 41.8 Å². The molecule has 1 aliphatic heterocycles. The molecule has 2 rings (SSSR count). The molecule has 0 saturated carbocycles. The van der Waals surface area contributed by atoms with Gasteiger partial charge in [0, 0.05) is 19.6 Å². The Balaban J connectivity index is 1.95. The molecule has 1 fully saturated rings. The smallest absolute Gasteiger partial charge is 0.0233 e. The van der Waals surface area contributed by atoms with Crippen molar-refractivity contribution in [1.29, 1.82) is 0 Å². The summed E-state index contributed by atoms with van der Waals surface area (Å²) in [6.07, 6.45) is 1.38. The van der Waals surface area contributed by atoms with Crippen molar-refractivity contribution in [3.63, 3.8) is 0 Å². The minimum atomic E-state index is 0.462. The third-order valence-electron chi connectivity index (χ3n) is 4.25. The predicted molar refractivity (Wildman–Crippen MR) is 82.1 cm³/mol. The van der Waals surface area contributed by atoms with Crippen LogP contribution in [0.25, 0.3) is 0 Å². The highest BCUT2D eigenvalue weighted by molar-refractivity contribution is 5.25. The van der Waals surface area contributed by atoms with E-state index in [1.165, 1.54) is 30.6 Å². The summed E-state index contributed by atoms with van der Waals surface area (Å²) in [7, 11) is 0. The first kappa shape index (κ1) is 14.5. The third-order valence-corrected chi connectivity index (χ3v) is 4.25. The summed E-state index contributed by atoms with van der Waals surface area (Å²) in [6.45, 7) is 11.2. The van der Waals surface area contributed by atoms with Gasteiger partial charge in [0.15, 0.2) is 0 Å². The van der Waals surface area contributed by atoms with Crippen LogP contribution >= 0.6 is 0 Å². The fourth-order valence-corrected chi connectivity index (χ4v) is 3.27. The van der Waals surface area contributed by atoms with Crippen LogP contribution in [0, 0.1) is 11.8 Å². The molecule has 19 heavy (non-hydrogen) atoms. The zero-order valence-electron chi connectivity index (χ0n) is 12.6. The number of piperidine rings is 1. The van der Waals surface area contributed by atoms with Gasteiger partial charge in [0.1, 0.15) is 0 Å². The first-order valence-corrected chi connectivity index (χ1v) is 7.59. The zero-order valence-corrected chi connectivity index (χ0v) is 12.6. The number of rotatable bonds is 4. The molecule has 0 bridgehead atoms. The summed E-state index contributed by atoms with van der Waals surface area (Å²) in [5.74, 6) is 2.13. The van der Waals surface area contributed by atoms with Crippen LogP contribution in [-0.2, 0) is 6.54 Å². The summed E-state index contributed by atoms with van der Waals surface area (Å²) in [6, 6.07) is 9.02. The molecule has 0 spiro atoms. The Labute approximate surface area is 118 Å². The van der Waals surface area contributed by atoms with Crippen molar-refractivity contribution >= 4 is 0 Å². The molecule has 106 valence electrons. The Morgan fingerprint density at radius 3 is 2.26 bits per heavy atom. The number of benzene rings is 1. The standard InChI is InChI=1S/C17H28N2/c1-13-8-14(2)11-19(10-13)12-16-4-6-17(7-5-16)15(3)9-18/h4-7,13-15H,8-12,18H2,1-3H3. The van der Waals surface area contributed by atoms with Crippen molar-refractivity contribution in [3.05, 3.63) is 35.4 Å². The van der Waals surface area contributed by atoms with Crippen LogP contribution in [0.3, 0.4) is 0 Å². The van der Waals surface area contributed by atoms with Crippen LogP contribution in [0.2, 0.25) is 0 Å². The van der Waals surface area contributed by atoms with Gasteiger partial charge in [-0.3, -0.25) is 4.90 Å². The van der Waals surface area contributed by atoms with Gasteiger partial charge in [-0.2, -0.15) is 0 Å². The van der Waals surface area contributed by atoms with Gasteiger partial charge >= 0.3 is 0 Å². The first-order chi connectivity index (χ1) is 9.08. The van der Waals surface area contributed by atoms with Crippen molar-refractivity contribution in [3.8, 4) is 0 Å². The lowest BCUT2D eigenvalue weighted by Gasteiger charge is -2.35. The molecule has 2 N–H and O–H groups in total. The molecule has 0 aromatic heterocycles. The second-order valence-electron chi connectivity index (χ2n) is 6.52. The van der Waals surface area contributed by atoms with Crippen molar-refractivity contribution in [2.24, 2.45) is 17.6 Å². The lowest BCUT2D eigenvalue weighted by atomic mass is 9.91. The molecule has 3 unspecified atom stereocenters. The Hall–Kier alpha value is -0.860. The molecule has 1 heterocycles. The quantitative estimate of drug-likeness (QED) is 0.900. The SMILES string of the molecule is CC1CC(C)CN(Cc2ccc(C(C)CN)cc2)C1. The van der Waals surface area contributed by atoms with Crippen LogP contribution in [0.4, 0.5) is 0 Å². The van der Waals surface area contributed by atoms with Gasteiger partial charge in [-0.25, -0.2) is 0 Å². The van der Waals surface area contributed by atoms with E-state index in [9.17, 15) is 0 Å². The molecule has 1 aliphatic rings. The average molecular weight is 260 g/mol. The van der Waals surface area contributed by atoms with Crippen LogP contribution in [0.1, 0.15) is 44.2 Å². The van der Waals surface area contributed by atoms with Gasteiger partial charge in [0.05, 0.1) is 0 Å².